The third kappa shape index (κ3) is 3.07. The highest BCUT2D eigenvalue weighted by atomic mass is 16.1. The first-order valence-corrected chi connectivity index (χ1v) is 6.25. The molecular formula is C14H14N4O. The molecule has 1 aliphatic rings. The number of carbonyl (C=O) groups is 1. The average molecular weight is 254 g/mol. The number of rotatable bonds is 4. The van der Waals surface area contributed by atoms with Crippen LogP contribution < -0.4 is 10.6 Å². The van der Waals surface area contributed by atoms with Gasteiger partial charge in [0.2, 0.25) is 0 Å². The number of hydrogen-bond donors (Lipinski definition) is 2. The first kappa shape index (κ1) is 11.6. The fourth-order valence-corrected chi connectivity index (χ4v) is 1.72. The van der Waals surface area contributed by atoms with Gasteiger partial charge in [0.1, 0.15) is 5.82 Å². The number of amides is 1. The molecule has 19 heavy (non-hydrogen) atoms. The van der Waals surface area contributed by atoms with E-state index in [2.05, 4.69) is 20.6 Å². The lowest BCUT2D eigenvalue weighted by atomic mass is 10.2. The minimum atomic E-state index is -0.0392. The van der Waals surface area contributed by atoms with Gasteiger partial charge in [0.25, 0.3) is 5.91 Å². The molecular weight excluding hydrogens is 240 g/mol. The minimum Gasteiger partial charge on any atom is -0.349 e. The Balaban J connectivity index is 1.73. The highest BCUT2D eigenvalue weighted by Gasteiger charge is 2.23. The first-order chi connectivity index (χ1) is 9.31. The van der Waals surface area contributed by atoms with E-state index < -0.39 is 0 Å². The van der Waals surface area contributed by atoms with Gasteiger partial charge < -0.3 is 10.6 Å². The highest BCUT2D eigenvalue weighted by molar-refractivity contribution is 5.95. The largest absolute Gasteiger partial charge is 0.349 e. The molecule has 0 spiro atoms. The summed E-state index contributed by atoms with van der Waals surface area (Å²) >= 11 is 0. The monoisotopic (exact) mass is 254 g/mol. The molecule has 1 aliphatic carbocycles. The molecule has 1 fully saturated rings. The van der Waals surface area contributed by atoms with Crippen LogP contribution in [-0.2, 0) is 0 Å². The molecule has 2 aromatic heterocycles. The zero-order valence-electron chi connectivity index (χ0n) is 10.3. The molecule has 5 heteroatoms. The standard InChI is InChI=1S/C14H14N4O/c19-14(18-11-1-2-11)10-3-8-16-13(9-10)17-12-4-6-15-7-5-12/h3-9,11H,1-2H2,(H,18,19)(H,15,16,17). The maximum absolute atomic E-state index is 11.9. The maximum atomic E-state index is 11.9. The van der Waals surface area contributed by atoms with Crippen molar-refractivity contribution in [3.63, 3.8) is 0 Å². The van der Waals surface area contributed by atoms with Crippen LogP contribution in [0.25, 0.3) is 0 Å². The fraction of sp³-hybridized carbons (Fsp3) is 0.214. The zero-order chi connectivity index (χ0) is 13.1. The molecule has 0 atom stereocenters. The summed E-state index contributed by atoms with van der Waals surface area (Å²) in [5.41, 5.74) is 1.51. The Morgan fingerprint density at radius 3 is 2.68 bits per heavy atom. The van der Waals surface area contributed by atoms with Crippen molar-refractivity contribution < 1.29 is 4.79 Å². The van der Waals surface area contributed by atoms with E-state index in [0.29, 0.717) is 17.4 Å². The predicted molar refractivity (Wildman–Crippen MR) is 72.2 cm³/mol. The maximum Gasteiger partial charge on any atom is 0.251 e. The molecule has 0 bridgehead atoms. The van der Waals surface area contributed by atoms with Gasteiger partial charge >= 0.3 is 0 Å². The van der Waals surface area contributed by atoms with Crippen LogP contribution in [0.15, 0.2) is 42.9 Å². The number of aromatic nitrogens is 2. The van der Waals surface area contributed by atoms with Gasteiger partial charge in [0.15, 0.2) is 0 Å². The van der Waals surface area contributed by atoms with Gasteiger partial charge in [0.05, 0.1) is 0 Å². The Labute approximate surface area is 111 Å². The highest BCUT2D eigenvalue weighted by Crippen LogP contribution is 2.20. The summed E-state index contributed by atoms with van der Waals surface area (Å²) in [4.78, 5) is 20.1. The molecule has 2 heterocycles. The van der Waals surface area contributed by atoms with E-state index in [4.69, 9.17) is 0 Å². The van der Waals surface area contributed by atoms with Crippen LogP contribution >= 0.6 is 0 Å². The second kappa shape index (κ2) is 5.06. The van der Waals surface area contributed by atoms with E-state index in [1.807, 2.05) is 12.1 Å². The predicted octanol–water partition coefficient (Wildman–Crippen LogP) is 2.11. The van der Waals surface area contributed by atoms with Crippen LogP contribution in [0.4, 0.5) is 11.5 Å². The molecule has 1 saturated carbocycles. The SMILES string of the molecule is O=C(NC1CC1)c1ccnc(Nc2ccncc2)c1. The summed E-state index contributed by atoms with van der Waals surface area (Å²) in [5, 5.41) is 6.09. The third-order valence-electron chi connectivity index (χ3n) is 2.89. The fourth-order valence-electron chi connectivity index (χ4n) is 1.72. The smallest absolute Gasteiger partial charge is 0.251 e. The quantitative estimate of drug-likeness (QED) is 0.877. The van der Waals surface area contributed by atoms with Gasteiger partial charge in [-0.1, -0.05) is 0 Å². The van der Waals surface area contributed by atoms with Crippen molar-refractivity contribution in [1.29, 1.82) is 0 Å². The lowest BCUT2D eigenvalue weighted by Crippen LogP contribution is -2.25. The van der Waals surface area contributed by atoms with Crippen molar-refractivity contribution in [1.82, 2.24) is 15.3 Å². The molecule has 0 radical (unpaired) electrons. The van der Waals surface area contributed by atoms with Gasteiger partial charge in [-0.3, -0.25) is 9.78 Å². The second-order valence-electron chi connectivity index (χ2n) is 4.54. The van der Waals surface area contributed by atoms with E-state index in [1.54, 1.807) is 30.7 Å². The molecule has 2 aromatic rings. The summed E-state index contributed by atoms with van der Waals surface area (Å²) in [6, 6.07) is 7.52. The number of carbonyl (C=O) groups excluding carboxylic acids is 1. The van der Waals surface area contributed by atoms with Crippen LogP contribution in [0.1, 0.15) is 23.2 Å². The Morgan fingerprint density at radius 2 is 1.95 bits per heavy atom. The minimum absolute atomic E-state index is 0.0392. The van der Waals surface area contributed by atoms with Crippen molar-refractivity contribution in [2.24, 2.45) is 0 Å². The van der Waals surface area contributed by atoms with Gasteiger partial charge in [-0.15, -0.1) is 0 Å². The normalized spacial score (nSPS) is 13.9. The van der Waals surface area contributed by atoms with Crippen LogP contribution in [-0.4, -0.2) is 21.9 Å². The van der Waals surface area contributed by atoms with Gasteiger partial charge in [0, 0.05) is 35.9 Å². The van der Waals surface area contributed by atoms with Crippen LogP contribution in [0.2, 0.25) is 0 Å². The molecule has 5 nitrogen and oxygen atoms in total. The van der Waals surface area contributed by atoms with Crippen LogP contribution in [0.5, 0.6) is 0 Å². The number of hydrogen-bond acceptors (Lipinski definition) is 4. The van der Waals surface area contributed by atoms with Gasteiger partial charge in [-0.25, -0.2) is 4.98 Å². The molecule has 0 aromatic carbocycles. The van der Waals surface area contributed by atoms with Crippen LogP contribution in [0, 0.1) is 0 Å². The first-order valence-electron chi connectivity index (χ1n) is 6.25. The molecule has 0 saturated heterocycles. The number of anilines is 2. The van der Waals surface area contributed by atoms with Crippen molar-refractivity contribution in [2.45, 2.75) is 18.9 Å². The summed E-state index contributed by atoms with van der Waals surface area (Å²) < 4.78 is 0. The van der Waals surface area contributed by atoms with Crippen molar-refractivity contribution in [2.75, 3.05) is 5.32 Å². The Kier molecular flexibility index (Phi) is 3.10. The molecule has 2 N–H and O–H groups in total. The lowest BCUT2D eigenvalue weighted by molar-refractivity contribution is 0.0951. The zero-order valence-corrected chi connectivity index (χ0v) is 10.3. The van der Waals surface area contributed by atoms with Gasteiger partial charge in [-0.05, 0) is 37.1 Å². The summed E-state index contributed by atoms with van der Waals surface area (Å²) in [6.07, 6.45) is 7.20. The van der Waals surface area contributed by atoms with E-state index in [1.165, 1.54) is 0 Å². The van der Waals surface area contributed by atoms with E-state index in [0.717, 1.165) is 18.5 Å². The van der Waals surface area contributed by atoms with Crippen LogP contribution in [0.3, 0.4) is 0 Å². The average Bonchev–Trinajstić information content (AvgIpc) is 3.24. The van der Waals surface area contributed by atoms with E-state index in [9.17, 15) is 4.79 Å². The number of pyridine rings is 2. The third-order valence-corrected chi connectivity index (χ3v) is 2.89. The number of nitrogens with zero attached hydrogens (tertiary/aromatic N) is 2. The summed E-state index contributed by atoms with van der Waals surface area (Å²) in [5.74, 6) is 0.609. The molecule has 1 amide bonds. The van der Waals surface area contributed by atoms with Gasteiger partial charge in [-0.2, -0.15) is 0 Å². The van der Waals surface area contributed by atoms with E-state index in [-0.39, 0.29) is 5.91 Å². The molecule has 3 rings (SSSR count). The molecule has 0 aliphatic heterocycles. The Bertz CT molecular complexity index is 581. The van der Waals surface area contributed by atoms with Crippen molar-refractivity contribution >= 4 is 17.4 Å². The lowest BCUT2D eigenvalue weighted by Gasteiger charge is -2.07. The topological polar surface area (TPSA) is 66.9 Å². The Hall–Kier alpha value is -2.43. The molecule has 0 unspecified atom stereocenters. The van der Waals surface area contributed by atoms with E-state index >= 15 is 0 Å². The molecule has 96 valence electrons. The number of nitrogens with one attached hydrogen (secondary N) is 2. The summed E-state index contributed by atoms with van der Waals surface area (Å²) in [7, 11) is 0. The van der Waals surface area contributed by atoms with Crippen molar-refractivity contribution in [3.8, 4) is 0 Å². The summed E-state index contributed by atoms with van der Waals surface area (Å²) in [6.45, 7) is 0. The Morgan fingerprint density at radius 1 is 1.16 bits per heavy atom. The second-order valence-corrected chi connectivity index (χ2v) is 4.54. The van der Waals surface area contributed by atoms with Crippen molar-refractivity contribution in [3.05, 3.63) is 48.4 Å².